The first-order valence-corrected chi connectivity index (χ1v) is 8.29. The summed E-state index contributed by atoms with van der Waals surface area (Å²) >= 11 is 0. The molecule has 4 unspecified atom stereocenters. The lowest BCUT2D eigenvalue weighted by molar-refractivity contribution is -0.224. The predicted molar refractivity (Wildman–Crippen MR) is 91.9 cm³/mol. The first-order valence-electron chi connectivity index (χ1n) is 8.29. The van der Waals surface area contributed by atoms with E-state index in [-0.39, 0.29) is 0 Å². The second kappa shape index (κ2) is 6.31. The molecule has 2 rings (SSSR count). The van der Waals surface area contributed by atoms with E-state index in [0.29, 0.717) is 0 Å². The zero-order valence-corrected chi connectivity index (χ0v) is 16.1. The minimum Gasteiger partial charge on any atom is -0.452 e. The maximum atomic E-state index is 12.5. The minimum atomic E-state index is -1.75. The number of rotatable bonds is 4. The molecule has 1 fully saturated rings. The van der Waals surface area contributed by atoms with Crippen LogP contribution in [0.3, 0.4) is 0 Å². The van der Waals surface area contributed by atoms with Crippen LogP contribution in [-0.2, 0) is 29.5 Å². The standard InChI is InChI=1S/C17H24N2O8/c1-10(21)25-15(4)14(3,9-20)27-17(6,16(15,5)26-11(2)22)19-8-7-12(23)18-13(19)24/h7-8,20H,9H2,1-6H3,(H,18,23,24). The summed E-state index contributed by atoms with van der Waals surface area (Å²) in [6.07, 6.45) is 1.18. The molecule has 2 N–H and O–H groups in total. The quantitative estimate of drug-likeness (QED) is 0.671. The molecule has 1 aromatic rings. The molecule has 27 heavy (non-hydrogen) atoms. The molecular formula is C17H24N2O8. The van der Waals surface area contributed by atoms with Gasteiger partial charge in [0.15, 0.2) is 16.9 Å². The number of esters is 2. The number of aromatic nitrogens is 2. The number of H-pyrrole nitrogens is 1. The first-order chi connectivity index (χ1) is 12.3. The van der Waals surface area contributed by atoms with E-state index < -0.39 is 52.3 Å². The molecule has 0 amide bonds. The maximum absolute atomic E-state index is 12.5. The van der Waals surface area contributed by atoms with Gasteiger partial charge in [-0.15, -0.1) is 0 Å². The molecular weight excluding hydrogens is 360 g/mol. The van der Waals surface area contributed by atoms with Gasteiger partial charge in [0.1, 0.15) is 5.60 Å². The van der Waals surface area contributed by atoms with Gasteiger partial charge in [0.25, 0.3) is 5.56 Å². The Morgan fingerprint density at radius 3 is 2.07 bits per heavy atom. The summed E-state index contributed by atoms with van der Waals surface area (Å²) in [4.78, 5) is 49.7. The van der Waals surface area contributed by atoms with Crippen molar-refractivity contribution >= 4 is 11.9 Å². The lowest BCUT2D eigenvalue weighted by Gasteiger charge is -2.46. The van der Waals surface area contributed by atoms with Gasteiger partial charge in [0, 0.05) is 26.1 Å². The molecule has 1 aliphatic rings. The summed E-state index contributed by atoms with van der Waals surface area (Å²) in [6, 6.07) is 1.10. The monoisotopic (exact) mass is 384 g/mol. The van der Waals surface area contributed by atoms with Gasteiger partial charge >= 0.3 is 17.6 Å². The van der Waals surface area contributed by atoms with Crippen molar-refractivity contribution < 1.29 is 28.9 Å². The maximum Gasteiger partial charge on any atom is 0.330 e. The highest BCUT2D eigenvalue weighted by Gasteiger charge is 2.78. The lowest BCUT2D eigenvalue weighted by atomic mass is 9.72. The zero-order valence-electron chi connectivity index (χ0n) is 16.1. The minimum absolute atomic E-state index is 0.610. The number of carbonyl (C=O) groups is 2. The summed E-state index contributed by atoms with van der Waals surface area (Å²) in [5.41, 5.74) is -8.17. The number of hydrogen-bond donors (Lipinski definition) is 2. The highest BCUT2D eigenvalue weighted by molar-refractivity contribution is 5.69. The number of nitrogens with one attached hydrogen (secondary N) is 1. The van der Waals surface area contributed by atoms with Gasteiger partial charge in [-0.05, 0) is 27.7 Å². The molecule has 0 aromatic carbocycles. The van der Waals surface area contributed by atoms with E-state index in [1.165, 1.54) is 40.8 Å². The second-order valence-corrected chi connectivity index (χ2v) is 7.21. The van der Waals surface area contributed by atoms with Crippen LogP contribution in [0.25, 0.3) is 0 Å². The van der Waals surface area contributed by atoms with Crippen molar-refractivity contribution in [3.05, 3.63) is 33.1 Å². The van der Waals surface area contributed by atoms with Crippen LogP contribution in [0.1, 0.15) is 41.5 Å². The highest BCUT2D eigenvalue weighted by atomic mass is 16.7. The normalized spacial score (nSPS) is 35.7. The third kappa shape index (κ3) is 2.79. The summed E-state index contributed by atoms with van der Waals surface area (Å²) in [7, 11) is 0. The van der Waals surface area contributed by atoms with Crippen molar-refractivity contribution in [2.75, 3.05) is 6.61 Å². The molecule has 4 atom stereocenters. The Kier molecular flexibility index (Phi) is 4.87. The van der Waals surface area contributed by atoms with Crippen molar-refractivity contribution in [2.24, 2.45) is 0 Å². The molecule has 0 spiro atoms. The number of aliphatic hydroxyl groups excluding tert-OH is 1. The van der Waals surface area contributed by atoms with Crippen molar-refractivity contribution in [2.45, 2.75) is 64.1 Å². The third-order valence-corrected chi connectivity index (χ3v) is 5.51. The number of aliphatic hydroxyl groups is 1. The Bertz CT molecular complexity index is 891. The van der Waals surface area contributed by atoms with Crippen LogP contribution in [0.5, 0.6) is 0 Å². The lowest BCUT2D eigenvalue weighted by Crippen LogP contribution is -2.67. The molecule has 150 valence electrons. The number of ether oxygens (including phenoxy) is 3. The third-order valence-electron chi connectivity index (χ3n) is 5.51. The molecule has 0 radical (unpaired) electrons. The summed E-state index contributed by atoms with van der Waals surface area (Å²) in [6.45, 7) is 7.52. The van der Waals surface area contributed by atoms with Gasteiger partial charge in [0.05, 0.1) is 6.61 Å². The van der Waals surface area contributed by atoms with Gasteiger partial charge in [-0.3, -0.25) is 23.9 Å². The van der Waals surface area contributed by atoms with E-state index >= 15 is 0 Å². The van der Waals surface area contributed by atoms with Crippen LogP contribution >= 0.6 is 0 Å². The Labute approximate surface area is 155 Å². The van der Waals surface area contributed by atoms with Crippen molar-refractivity contribution in [3.63, 3.8) is 0 Å². The smallest absolute Gasteiger partial charge is 0.330 e. The Balaban J connectivity index is 2.87. The summed E-state index contributed by atoms with van der Waals surface area (Å²) in [5, 5.41) is 10.0. The second-order valence-electron chi connectivity index (χ2n) is 7.21. The molecule has 10 heteroatoms. The van der Waals surface area contributed by atoms with Crippen molar-refractivity contribution in [1.82, 2.24) is 9.55 Å². The first kappa shape index (κ1) is 20.8. The molecule has 1 aromatic heterocycles. The number of nitrogens with zero attached hydrogens (tertiary/aromatic N) is 1. The molecule has 10 nitrogen and oxygen atoms in total. The Morgan fingerprint density at radius 1 is 1.11 bits per heavy atom. The number of hydrogen-bond acceptors (Lipinski definition) is 8. The zero-order chi connectivity index (χ0) is 20.8. The number of carbonyl (C=O) groups excluding carboxylic acids is 2. The van der Waals surface area contributed by atoms with Gasteiger partial charge in [0.2, 0.25) is 0 Å². The van der Waals surface area contributed by atoms with Crippen LogP contribution in [0.15, 0.2) is 21.9 Å². The fraction of sp³-hybridized carbons (Fsp3) is 0.647. The van der Waals surface area contributed by atoms with Crippen LogP contribution in [0, 0.1) is 0 Å². The van der Waals surface area contributed by atoms with Crippen molar-refractivity contribution in [1.29, 1.82) is 0 Å². The highest BCUT2D eigenvalue weighted by Crippen LogP contribution is 2.57. The average molecular weight is 384 g/mol. The fourth-order valence-corrected chi connectivity index (χ4v) is 3.77. The van der Waals surface area contributed by atoms with E-state index in [9.17, 15) is 24.3 Å². The van der Waals surface area contributed by atoms with E-state index in [1.54, 1.807) is 0 Å². The number of aromatic amines is 1. The predicted octanol–water partition coefficient (Wildman–Crippen LogP) is -0.366. The van der Waals surface area contributed by atoms with Gasteiger partial charge < -0.3 is 19.3 Å². The van der Waals surface area contributed by atoms with E-state index in [4.69, 9.17) is 14.2 Å². The van der Waals surface area contributed by atoms with Gasteiger partial charge in [-0.2, -0.15) is 0 Å². The van der Waals surface area contributed by atoms with Crippen LogP contribution in [-0.4, -0.2) is 50.0 Å². The molecule has 0 bridgehead atoms. The van der Waals surface area contributed by atoms with Gasteiger partial charge in [-0.25, -0.2) is 4.79 Å². The van der Waals surface area contributed by atoms with E-state index in [1.807, 2.05) is 0 Å². The van der Waals surface area contributed by atoms with E-state index in [0.717, 1.165) is 17.6 Å². The Morgan fingerprint density at radius 2 is 1.63 bits per heavy atom. The average Bonchev–Trinajstić information content (AvgIpc) is 2.63. The Hall–Kier alpha value is -2.46. The van der Waals surface area contributed by atoms with Crippen molar-refractivity contribution in [3.8, 4) is 0 Å². The largest absolute Gasteiger partial charge is 0.452 e. The summed E-state index contributed by atoms with van der Waals surface area (Å²) in [5.74, 6) is -1.41. The van der Waals surface area contributed by atoms with Crippen LogP contribution in [0.4, 0.5) is 0 Å². The fourth-order valence-electron chi connectivity index (χ4n) is 3.77. The van der Waals surface area contributed by atoms with Crippen LogP contribution < -0.4 is 11.2 Å². The van der Waals surface area contributed by atoms with Gasteiger partial charge in [-0.1, -0.05) is 0 Å². The summed E-state index contributed by atoms with van der Waals surface area (Å²) < 4.78 is 18.2. The molecule has 1 saturated heterocycles. The molecule has 0 saturated carbocycles. The topological polar surface area (TPSA) is 137 Å². The van der Waals surface area contributed by atoms with Crippen LogP contribution in [0.2, 0.25) is 0 Å². The SMILES string of the molecule is CC(=O)OC1(C)C(C)(CO)OC(C)(n2ccc(=O)[nH]c2=O)C1(C)OC(C)=O. The molecule has 1 aliphatic heterocycles. The molecule has 0 aliphatic carbocycles. The molecule has 2 heterocycles. The van der Waals surface area contributed by atoms with E-state index in [2.05, 4.69) is 4.98 Å².